The highest BCUT2D eigenvalue weighted by molar-refractivity contribution is 9.10. The van der Waals surface area contributed by atoms with Crippen molar-refractivity contribution in [2.24, 2.45) is 0 Å². The van der Waals surface area contributed by atoms with Crippen LogP contribution in [-0.4, -0.2) is 18.4 Å². The van der Waals surface area contributed by atoms with Crippen LogP contribution in [0.2, 0.25) is 0 Å². The molecule has 0 fully saturated rings. The first-order valence-corrected chi connectivity index (χ1v) is 12.5. The maximum atomic E-state index is 12.0. The number of hydrogen-bond acceptors (Lipinski definition) is 3. The standard InChI is InChI=1S/C26H39BrO3/c1-2-3-4-5-6-7-8-9-10-11-12-13-14-15-16-17-26(29)30-22-25(28)23-18-20-24(27)21-19-23/h9-10,18-21H,2-8,11-17,22H2,1H3. The molecule has 30 heavy (non-hydrogen) atoms. The van der Waals surface area contributed by atoms with Crippen LogP contribution in [0.4, 0.5) is 0 Å². The largest absolute Gasteiger partial charge is 0.457 e. The summed E-state index contributed by atoms with van der Waals surface area (Å²) in [6.07, 6.45) is 21.1. The highest BCUT2D eigenvalue weighted by Crippen LogP contribution is 2.12. The van der Waals surface area contributed by atoms with E-state index in [1.165, 1.54) is 57.8 Å². The fraction of sp³-hybridized carbons (Fsp3) is 0.615. The number of unbranched alkanes of at least 4 members (excludes halogenated alkanes) is 11. The molecule has 1 rings (SSSR count). The molecule has 4 heteroatoms. The number of hydrogen-bond donors (Lipinski definition) is 0. The van der Waals surface area contributed by atoms with Gasteiger partial charge in [0, 0.05) is 16.5 Å². The second kappa shape index (κ2) is 18.4. The predicted molar refractivity (Wildman–Crippen MR) is 129 cm³/mol. The van der Waals surface area contributed by atoms with E-state index in [1.54, 1.807) is 24.3 Å². The van der Waals surface area contributed by atoms with E-state index in [9.17, 15) is 9.59 Å². The van der Waals surface area contributed by atoms with Gasteiger partial charge in [0.2, 0.25) is 0 Å². The smallest absolute Gasteiger partial charge is 0.306 e. The van der Waals surface area contributed by atoms with E-state index < -0.39 is 0 Å². The van der Waals surface area contributed by atoms with E-state index in [4.69, 9.17) is 4.74 Å². The third kappa shape index (κ3) is 14.5. The number of Topliss-reactive ketones (excluding diaryl/α,β-unsaturated/α-hetero) is 1. The minimum absolute atomic E-state index is 0.166. The normalized spacial score (nSPS) is 11.1. The van der Waals surface area contributed by atoms with Gasteiger partial charge in [-0.2, -0.15) is 0 Å². The van der Waals surface area contributed by atoms with Crippen molar-refractivity contribution < 1.29 is 14.3 Å². The van der Waals surface area contributed by atoms with E-state index in [1.807, 2.05) is 0 Å². The molecule has 1 aromatic rings. The Bertz CT molecular complexity index is 607. The first-order valence-electron chi connectivity index (χ1n) is 11.7. The molecular formula is C26H39BrO3. The van der Waals surface area contributed by atoms with Gasteiger partial charge in [-0.1, -0.05) is 98.5 Å². The van der Waals surface area contributed by atoms with E-state index in [-0.39, 0.29) is 18.4 Å². The molecule has 0 aliphatic rings. The number of ether oxygens (including phenoxy) is 1. The number of carbonyl (C=O) groups is 2. The molecule has 0 saturated carbocycles. The van der Waals surface area contributed by atoms with E-state index in [2.05, 4.69) is 35.0 Å². The Balaban J connectivity index is 1.90. The van der Waals surface area contributed by atoms with Crippen LogP contribution in [0.15, 0.2) is 40.9 Å². The summed E-state index contributed by atoms with van der Waals surface area (Å²) in [5, 5.41) is 0. The van der Waals surface area contributed by atoms with Crippen molar-refractivity contribution in [3.63, 3.8) is 0 Å². The quantitative estimate of drug-likeness (QED) is 0.0922. The molecule has 0 heterocycles. The van der Waals surface area contributed by atoms with Gasteiger partial charge in [-0.25, -0.2) is 0 Å². The van der Waals surface area contributed by atoms with Crippen LogP contribution < -0.4 is 0 Å². The maximum absolute atomic E-state index is 12.0. The molecule has 0 unspecified atom stereocenters. The first kappa shape index (κ1) is 26.6. The van der Waals surface area contributed by atoms with Crippen LogP contribution in [0.25, 0.3) is 0 Å². The summed E-state index contributed by atoms with van der Waals surface area (Å²) in [6.45, 7) is 2.08. The fourth-order valence-corrected chi connectivity index (χ4v) is 3.54. The average molecular weight is 479 g/mol. The molecule has 0 saturated heterocycles. The summed E-state index contributed by atoms with van der Waals surface area (Å²) in [6, 6.07) is 7.06. The minimum atomic E-state index is -0.280. The van der Waals surface area contributed by atoms with Gasteiger partial charge in [0.15, 0.2) is 12.4 Å². The Morgan fingerprint density at radius 1 is 0.800 bits per heavy atom. The van der Waals surface area contributed by atoms with Gasteiger partial charge >= 0.3 is 5.97 Å². The number of halogens is 1. The van der Waals surface area contributed by atoms with E-state index in [0.717, 1.165) is 30.2 Å². The van der Waals surface area contributed by atoms with Crippen molar-refractivity contribution in [3.05, 3.63) is 46.5 Å². The second-order valence-electron chi connectivity index (χ2n) is 7.93. The zero-order chi connectivity index (χ0) is 21.9. The predicted octanol–water partition coefficient (Wildman–Crippen LogP) is 8.21. The number of rotatable bonds is 18. The molecule has 3 nitrogen and oxygen atoms in total. The van der Waals surface area contributed by atoms with Gasteiger partial charge in [-0.15, -0.1) is 0 Å². The van der Waals surface area contributed by atoms with Crippen molar-refractivity contribution in [2.45, 2.75) is 96.8 Å². The molecule has 0 aromatic heterocycles. The van der Waals surface area contributed by atoms with Crippen LogP contribution in [0.5, 0.6) is 0 Å². The molecule has 0 atom stereocenters. The number of ketones is 1. The van der Waals surface area contributed by atoms with E-state index >= 15 is 0 Å². The molecule has 1 aromatic carbocycles. The lowest BCUT2D eigenvalue weighted by atomic mass is 10.1. The summed E-state index contributed by atoms with van der Waals surface area (Å²) in [5.74, 6) is -0.446. The number of benzene rings is 1. The van der Waals surface area contributed by atoms with Gasteiger partial charge in [0.25, 0.3) is 0 Å². The zero-order valence-corrected chi connectivity index (χ0v) is 20.3. The van der Waals surface area contributed by atoms with Crippen LogP contribution in [0, 0.1) is 0 Å². The molecule has 0 aliphatic heterocycles. The lowest BCUT2D eigenvalue weighted by Gasteiger charge is -2.05. The van der Waals surface area contributed by atoms with Crippen LogP contribution in [-0.2, 0) is 9.53 Å². The summed E-state index contributed by atoms with van der Waals surface area (Å²) < 4.78 is 6.02. The lowest BCUT2D eigenvalue weighted by Crippen LogP contribution is -2.13. The van der Waals surface area contributed by atoms with Gasteiger partial charge < -0.3 is 4.74 Å². The molecular weight excluding hydrogens is 440 g/mol. The van der Waals surface area contributed by atoms with Crippen LogP contribution in [0.3, 0.4) is 0 Å². The second-order valence-corrected chi connectivity index (χ2v) is 8.84. The Morgan fingerprint density at radius 3 is 1.93 bits per heavy atom. The van der Waals surface area contributed by atoms with Crippen LogP contribution >= 0.6 is 15.9 Å². The van der Waals surface area contributed by atoms with Gasteiger partial charge in [-0.05, 0) is 44.2 Å². The topological polar surface area (TPSA) is 43.4 Å². The molecule has 0 amide bonds. The van der Waals surface area contributed by atoms with Crippen molar-refractivity contribution in [1.82, 2.24) is 0 Å². The van der Waals surface area contributed by atoms with Crippen molar-refractivity contribution in [1.29, 1.82) is 0 Å². The summed E-state index contributed by atoms with van der Waals surface area (Å²) in [7, 11) is 0. The lowest BCUT2D eigenvalue weighted by molar-refractivity contribution is -0.142. The molecule has 0 radical (unpaired) electrons. The zero-order valence-electron chi connectivity index (χ0n) is 18.7. The molecule has 0 aliphatic carbocycles. The fourth-order valence-electron chi connectivity index (χ4n) is 3.28. The average Bonchev–Trinajstić information content (AvgIpc) is 2.75. The molecule has 168 valence electrons. The SMILES string of the molecule is CCCCCCCCC=CCCCCCCCC(=O)OCC(=O)c1ccc(Br)cc1. The minimum Gasteiger partial charge on any atom is -0.457 e. The first-order chi connectivity index (χ1) is 14.6. The Labute approximate surface area is 191 Å². The Hall–Kier alpha value is -1.42. The van der Waals surface area contributed by atoms with Crippen molar-refractivity contribution >= 4 is 27.7 Å². The maximum Gasteiger partial charge on any atom is 0.306 e. The number of carbonyl (C=O) groups excluding carboxylic acids is 2. The van der Waals surface area contributed by atoms with Gasteiger partial charge in [0.05, 0.1) is 0 Å². The molecule has 0 bridgehead atoms. The summed E-state index contributed by atoms with van der Waals surface area (Å²) in [5.41, 5.74) is 0.562. The van der Waals surface area contributed by atoms with Crippen LogP contribution in [0.1, 0.15) is 107 Å². The number of allylic oxidation sites excluding steroid dienone is 2. The molecule has 0 N–H and O–H groups in total. The highest BCUT2D eigenvalue weighted by Gasteiger charge is 2.09. The third-order valence-electron chi connectivity index (χ3n) is 5.17. The summed E-state index contributed by atoms with van der Waals surface area (Å²) in [4.78, 5) is 23.8. The van der Waals surface area contributed by atoms with E-state index in [0.29, 0.717) is 12.0 Å². The number of esters is 1. The van der Waals surface area contributed by atoms with Gasteiger partial charge in [-0.3, -0.25) is 9.59 Å². The van der Waals surface area contributed by atoms with Crippen molar-refractivity contribution in [3.8, 4) is 0 Å². The monoisotopic (exact) mass is 478 g/mol. The Kier molecular flexibility index (Phi) is 16.3. The highest BCUT2D eigenvalue weighted by atomic mass is 79.9. The molecule has 0 spiro atoms. The van der Waals surface area contributed by atoms with Crippen molar-refractivity contribution in [2.75, 3.05) is 6.61 Å². The van der Waals surface area contributed by atoms with Gasteiger partial charge in [0.1, 0.15) is 0 Å². The summed E-state index contributed by atoms with van der Waals surface area (Å²) >= 11 is 3.33. The third-order valence-corrected chi connectivity index (χ3v) is 5.70. The Morgan fingerprint density at radius 2 is 1.33 bits per heavy atom.